The van der Waals surface area contributed by atoms with Crippen molar-refractivity contribution in [1.82, 2.24) is 0 Å². The number of nitrogens with two attached hydrogens (primary N) is 1. The maximum Gasteiger partial charge on any atom is 0.0627 e. The normalized spacial score (nSPS) is 39.9. The highest BCUT2D eigenvalue weighted by Gasteiger charge is 2.50. The average Bonchev–Trinajstić information content (AvgIpc) is 2.44. The van der Waals surface area contributed by atoms with Gasteiger partial charge in [0.2, 0.25) is 0 Å². The number of aliphatic carboxylic acids is 1. The van der Waals surface area contributed by atoms with Gasteiger partial charge in [-0.3, -0.25) is 0 Å². The summed E-state index contributed by atoms with van der Waals surface area (Å²) in [4.78, 5) is 10.2. The third kappa shape index (κ3) is 0.733. The Hall–Kier alpha value is -0.830. The molecule has 1 rings (SSSR count). The van der Waals surface area contributed by atoms with Crippen molar-refractivity contribution in [3.63, 3.8) is 0 Å². The maximum atomic E-state index is 10.2. The highest BCUT2D eigenvalue weighted by Crippen LogP contribution is 2.40. The van der Waals surface area contributed by atoms with Crippen LogP contribution in [-0.4, -0.2) is 11.5 Å². The third-order valence-electron chi connectivity index (χ3n) is 1.72. The minimum atomic E-state index is -1.17. The van der Waals surface area contributed by atoms with Gasteiger partial charge in [0.05, 0.1) is 11.5 Å². The van der Waals surface area contributed by atoms with Gasteiger partial charge >= 0.3 is 0 Å². The molecule has 0 aromatic rings. The lowest BCUT2D eigenvalue weighted by Crippen LogP contribution is -2.45. The van der Waals surface area contributed by atoms with Gasteiger partial charge in [-0.05, 0) is 6.42 Å². The zero-order valence-electron chi connectivity index (χ0n) is 4.96. The van der Waals surface area contributed by atoms with Crippen LogP contribution in [0, 0.1) is 5.92 Å². The molecular formula is C6H8NO2-. The summed E-state index contributed by atoms with van der Waals surface area (Å²) >= 11 is 0. The van der Waals surface area contributed by atoms with Gasteiger partial charge in [0.1, 0.15) is 0 Å². The van der Waals surface area contributed by atoms with Crippen molar-refractivity contribution >= 4 is 5.97 Å². The SMILES string of the molecule is C=CC1CC1(N)C(=O)[O-]. The van der Waals surface area contributed by atoms with Crippen molar-refractivity contribution < 1.29 is 9.90 Å². The number of rotatable bonds is 2. The Morgan fingerprint density at radius 2 is 2.56 bits per heavy atom. The second-order valence-corrected chi connectivity index (χ2v) is 2.37. The van der Waals surface area contributed by atoms with Gasteiger partial charge in [-0.2, -0.15) is 0 Å². The molecule has 1 aliphatic carbocycles. The molecule has 0 amide bonds. The quantitative estimate of drug-likeness (QED) is 0.465. The van der Waals surface area contributed by atoms with Gasteiger partial charge < -0.3 is 15.6 Å². The van der Waals surface area contributed by atoms with Crippen LogP contribution in [0.5, 0.6) is 0 Å². The molecule has 3 heteroatoms. The van der Waals surface area contributed by atoms with Gasteiger partial charge in [-0.15, -0.1) is 6.58 Å². The first-order valence-electron chi connectivity index (χ1n) is 2.74. The summed E-state index contributed by atoms with van der Waals surface area (Å²) in [5, 5.41) is 10.2. The molecule has 9 heavy (non-hydrogen) atoms. The number of carbonyl (C=O) groups is 1. The zero-order chi connectivity index (χ0) is 7.07. The van der Waals surface area contributed by atoms with Crippen LogP contribution in [0.3, 0.4) is 0 Å². The van der Waals surface area contributed by atoms with Crippen molar-refractivity contribution in [2.45, 2.75) is 12.0 Å². The number of carbonyl (C=O) groups excluding carboxylic acids is 1. The van der Waals surface area contributed by atoms with Crippen molar-refractivity contribution in [3.05, 3.63) is 12.7 Å². The second kappa shape index (κ2) is 1.57. The summed E-state index contributed by atoms with van der Waals surface area (Å²) in [5.41, 5.74) is 4.22. The molecular weight excluding hydrogens is 118 g/mol. The Balaban J connectivity index is 2.62. The molecule has 1 fully saturated rings. The van der Waals surface area contributed by atoms with Crippen LogP contribution in [0.2, 0.25) is 0 Å². The van der Waals surface area contributed by atoms with Crippen LogP contribution in [0.15, 0.2) is 12.7 Å². The molecule has 3 nitrogen and oxygen atoms in total. The monoisotopic (exact) mass is 126 g/mol. The number of carboxylic acids is 1. The molecule has 0 bridgehead atoms. The van der Waals surface area contributed by atoms with Crippen LogP contribution >= 0.6 is 0 Å². The lowest BCUT2D eigenvalue weighted by atomic mass is 10.2. The van der Waals surface area contributed by atoms with E-state index in [0.717, 1.165) is 0 Å². The Labute approximate surface area is 53.2 Å². The minimum absolute atomic E-state index is 0.0810. The number of hydrogen-bond donors (Lipinski definition) is 1. The molecule has 0 aliphatic heterocycles. The predicted octanol–water partition coefficient (Wildman–Crippen LogP) is -1.36. The van der Waals surface area contributed by atoms with Crippen molar-refractivity contribution in [3.8, 4) is 0 Å². The molecule has 1 saturated carbocycles. The molecule has 0 spiro atoms. The minimum Gasteiger partial charge on any atom is -0.548 e. The van der Waals surface area contributed by atoms with Crippen LogP contribution < -0.4 is 10.8 Å². The van der Waals surface area contributed by atoms with Crippen LogP contribution in [0.1, 0.15) is 6.42 Å². The van der Waals surface area contributed by atoms with E-state index in [2.05, 4.69) is 6.58 Å². The Bertz CT molecular complexity index is 166. The van der Waals surface area contributed by atoms with E-state index in [-0.39, 0.29) is 5.92 Å². The molecule has 2 N–H and O–H groups in total. The van der Waals surface area contributed by atoms with Gasteiger partial charge in [0, 0.05) is 5.92 Å². The molecule has 2 unspecified atom stereocenters. The molecule has 0 radical (unpaired) electrons. The van der Waals surface area contributed by atoms with E-state index in [4.69, 9.17) is 5.73 Å². The average molecular weight is 126 g/mol. The fourth-order valence-corrected chi connectivity index (χ4v) is 0.833. The van der Waals surface area contributed by atoms with Crippen LogP contribution in [0.4, 0.5) is 0 Å². The summed E-state index contributed by atoms with van der Waals surface area (Å²) in [6.07, 6.45) is 2.02. The second-order valence-electron chi connectivity index (χ2n) is 2.37. The summed E-state index contributed by atoms with van der Waals surface area (Å²) in [6, 6.07) is 0. The third-order valence-corrected chi connectivity index (χ3v) is 1.72. The van der Waals surface area contributed by atoms with E-state index in [9.17, 15) is 9.90 Å². The smallest absolute Gasteiger partial charge is 0.0627 e. The molecule has 50 valence electrons. The molecule has 0 aromatic carbocycles. The topological polar surface area (TPSA) is 66.2 Å². The molecule has 2 atom stereocenters. The zero-order valence-corrected chi connectivity index (χ0v) is 4.96. The fraction of sp³-hybridized carbons (Fsp3) is 0.500. The summed E-state index contributed by atoms with van der Waals surface area (Å²) in [6.45, 7) is 3.43. The fourth-order valence-electron chi connectivity index (χ4n) is 0.833. The molecule has 0 heterocycles. The summed E-state index contributed by atoms with van der Waals surface area (Å²) < 4.78 is 0. The Morgan fingerprint density at radius 1 is 2.00 bits per heavy atom. The van der Waals surface area contributed by atoms with E-state index in [1.165, 1.54) is 0 Å². The predicted molar refractivity (Wildman–Crippen MR) is 30.2 cm³/mol. The first kappa shape index (κ1) is 6.29. The van der Waals surface area contributed by atoms with Gasteiger partial charge in [0.15, 0.2) is 0 Å². The number of hydrogen-bond acceptors (Lipinski definition) is 3. The molecule has 0 aromatic heterocycles. The van der Waals surface area contributed by atoms with E-state index in [1.807, 2.05) is 0 Å². The molecule has 1 aliphatic rings. The van der Waals surface area contributed by atoms with Gasteiger partial charge in [0.25, 0.3) is 0 Å². The lowest BCUT2D eigenvalue weighted by Gasteiger charge is -2.09. The van der Waals surface area contributed by atoms with Crippen LogP contribution in [0.25, 0.3) is 0 Å². The largest absolute Gasteiger partial charge is 0.548 e. The highest BCUT2D eigenvalue weighted by molar-refractivity contribution is 5.81. The Kier molecular flexibility index (Phi) is 1.10. The van der Waals surface area contributed by atoms with E-state index in [1.54, 1.807) is 6.08 Å². The number of carboxylic acid groups (broad SMARTS) is 1. The standard InChI is InChI=1S/C6H9NO2/c1-2-4-3-6(4,7)5(8)9/h2,4H,1,3,7H2,(H,8,9)/p-1. The van der Waals surface area contributed by atoms with E-state index >= 15 is 0 Å². The Morgan fingerprint density at radius 3 is 2.67 bits per heavy atom. The first-order valence-corrected chi connectivity index (χ1v) is 2.74. The van der Waals surface area contributed by atoms with Gasteiger partial charge in [-0.25, -0.2) is 0 Å². The van der Waals surface area contributed by atoms with E-state index in [0.29, 0.717) is 6.42 Å². The van der Waals surface area contributed by atoms with Crippen molar-refractivity contribution in [2.24, 2.45) is 11.7 Å². The summed E-state index contributed by atoms with van der Waals surface area (Å²) in [5.74, 6) is -1.25. The van der Waals surface area contributed by atoms with Crippen molar-refractivity contribution in [1.29, 1.82) is 0 Å². The first-order chi connectivity index (χ1) is 4.11. The van der Waals surface area contributed by atoms with Gasteiger partial charge in [-0.1, -0.05) is 6.08 Å². The highest BCUT2D eigenvalue weighted by atomic mass is 16.4. The maximum absolute atomic E-state index is 10.2. The van der Waals surface area contributed by atoms with E-state index < -0.39 is 11.5 Å². The molecule has 0 saturated heterocycles. The summed E-state index contributed by atoms with van der Waals surface area (Å²) in [7, 11) is 0. The lowest BCUT2D eigenvalue weighted by molar-refractivity contribution is -0.309. The van der Waals surface area contributed by atoms with Crippen molar-refractivity contribution in [2.75, 3.05) is 0 Å². The van der Waals surface area contributed by atoms with Crippen LogP contribution in [-0.2, 0) is 4.79 Å².